The van der Waals surface area contributed by atoms with Gasteiger partial charge in [-0.3, -0.25) is 14.3 Å². The lowest BCUT2D eigenvalue weighted by Crippen LogP contribution is -2.35. The first-order valence-corrected chi connectivity index (χ1v) is 9.50. The normalized spacial score (nSPS) is 20.8. The third-order valence-electron chi connectivity index (χ3n) is 5.93. The van der Waals surface area contributed by atoms with Gasteiger partial charge in [-0.2, -0.15) is 0 Å². The number of aryl methyl sites for hydroxylation is 1. The molecule has 9 heteroatoms. The topological polar surface area (TPSA) is 93.3 Å². The number of nitrogens with two attached hydrogens (primary N) is 1. The molecule has 7 nitrogen and oxygen atoms in total. The van der Waals surface area contributed by atoms with Gasteiger partial charge in [-0.05, 0) is 32.1 Å². The van der Waals surface area contributed by atoms with E-state index in [0.717, 1.165) is 12.8 Å². The molecule has 2 heterocycles. The first kappa shape index (κ1) is 18.9. The Bertz CT molecular complexity index is 1040. The lowest BCUT2D eigenvalue weighted by molar-refractivity contribution is 0.350. The van der Waals surface area contributed by atoms with Crippen LogP contribution >= 0.6 is 0 Å². The van der Waals surface area contributed by atoms with Crippen LogP contribution in [-0.4, -0.2) is 42.5 Å². The molecule has 2 fully saturated rings. The summed E-state index contributed by atoms with van der Waals surface area (Å²) in [6, 6.07) is -0.641. The van der Waals surface area contributed by atoms with Crippen molar-refractivity contribution in [3.8, 4) is 5.75 Å². The fourth-order valence-corrected chi connectivity index (χ4v) is 4.24. The Labute approximate surface area is 160 Å². The number of hydrogen-bond donors (Lipinski definition) is 2. The van der Waals surface area contributed by atoms with Gasteiger partial charge in [-0.15, -0.1) is 0 Å². The van der Waals surface area contributed by atoms with Gasteiger partial charge < -0.3 is 15.4 Å². The van der Waals surface area contributed by atoms with Crippen molar-refractivity contribution in [1.82, 2.24) is 9.55 Å². The molecule has 1 aliphatic carbocycles. The Kier molecular flexibility index (Phi) is 4.65. The third kappa shape index (κ3) is 2.80. The van der Waals surface area contributed by atoms with Gasteiger partial charge in [0.25, 0.3) is 5.56 Å². The number of aromatic nitrogens is 2. The number of fused-ring (bicyclic) bond motifs is 1. The average Bonchev–Trinajstić information content (AvgIpc) is 3.38. The van der Waals surface area contributed by atoms with E-state index >= 15 is 4.39 Å². The van der Waals surface area contributed by atoms with Crippen LogP contribution in [0.1, 0.15) is 30.9 Å². The third-order valence-corrected chi connectivity index (χ3v) is 5.93. The van der Waals surface area contributed by atoms with Gasteiger partial charge in [0.15, 0.2) is 11.6 Å². The van der Waals surface area contributed by atoms with E-state index in [1.807, 2.05) is 0 Å². The number of halogens is 2. The van der Waals surface area contributed by atoms with Crippen LogP contribution in [0.5, 0.6) is 5.75 Å². The monoisotopic (exact) mass is 394 g/mol. The van der Waals surface area contributed by atoms with Crippen LogP contribution in [0.15, 0.2) is 9.59 Å². The summed E-state index contributed by atoms with van der Waals surface area (Å²) in [5, 5.41) is 0.126. The van der Waals surface area contributed by atoms with Crippen molar-refractivity contribution in [1.29, 1.82) is 0 Å². The molecule has 1 aromatic carbocycles. The summed E-state index contributed by atoms with van der Waals surface area (Å²) in [6.45, 7) is 1.78. The van der Waals surface area contributed by atoms with Crippen LogP contribution < -0.4 is 26.6 Å². The maximum atomic E-state index is 15.4. The zero-order chi connectivity index (χ0) is 20.2. The molecule has 0 bridgehead atoms. The fourth-order valence-electron chi connectivity index (χ4n) is 4.24. The molecule has 1 aromatic heterocycles. The number of aromatic amines is 1. The summed E-state index contributed by atoms with van der Waals surface area (Å²) in [5.74, 6) is -0.497. The standard InChI is InChI=1S/C19H24F2N4O3/c1-9-13-15(25(11-3-4-11)19(27)23-18(13)26)17(28-2)16(14(9)21)24-6-5-10(8-24)12(22)7-20/h10-12H,3-8,22H2,1-2H3,(H,23,26,27). The Hall–Kier alpha value is -2.42. The van der Waals surface area contributed by atoms with Crippen molar-refractivity contribution in [2.24, 2.45) is 11.7 Å². The minimum Gasteiger partial charge on any atom is -0.492 e. The number of alkyl halides is 1. The van der Waals surface area contributed by atoms with E-state index in [9.17, 15) is 14.0 Å². The van der Waals surface area contributed by atoms with E-state index in [-0.39, 0.29) is 34.3 Å². The smallest absolute Gasteiger partial charge is 0.329 e. The summed E-state index contributed by atoms with van der Waals surface area (Å²) < 4.78 is 35.5. The predicted molar refractivity (Wildman–Crippen MR) is 103 cm³/mol. The van der Waals surface area contributed by atoms with Crippen molar-refractivity contribution in [2.75, 3.05) is 31.8 Å². The quantitative estimate of drug-likeness (QED) is 0.804. The summed E-state index contributed by atoms with van der Waals surface area (Å²) in [7, 11) is 1.40. The molecule has 152 valence electrons. The highest BCUT2D eigenvalue weighted by Gasteiger charge is 2.35. The highest BCUT2D eigenvalue weighted by atomic mass is 19.1. The Morgan fingerprint density at radius 2 is 2.04 bits per heavy atom. The van der Waals surface area contributed by atoms with Gasteiger partial charge in [0, 0.05) is 30.7 Å². The van der Waals surface area contributed by atoms with Crippen molar-refractivity contribution >= 4 is 16.6 Å². The van der Waals surface area contributed by atoms with E-state index in [1.54, 1.807) is 4.90 Å². The van der Waals surface area contributed by atoms with E-state index in [0.29, 0.717) is 25.0 Å². The molecule has 28 heavy (non-hydrogen) atoms. The molecular weight excluding hydrogens is 370 g/mol. The number of ether oxygens (including phenoxy) is 1. The largest absolute Gasteiger partial charge is 0.492 e. The zero-order valence-corrected chi connectivity index (χ0v) is 15.9. The Morgan fingerprint density at radius 1 is 1.32 bits per heavy atom. The summed E-state index contributed by atoms with van der Waals surface area (Å²) in [6.07, 6.45) is 2.26. The predicted octanol–water partition coefficient (Wildman–Crippen LogP) is 1.60. The molecule has 2 atom stereocenters. The number of benzene rings is 1. The Balaban J connectivity index is 1.98. The van der Waals surface area contributed by atoms with Crippen molar-refractivity contribution in [2.45, 2.75) is 38.3 Å². The van der Waals surface area contributed by atoms with E-state index < -0.39 is 29.8 Å². The highest BCUT2D eigenvalue weighted by molar-refractivity contribution is 5.93. The van der Waals surface area contributed by atoms with Crippen LogP contribution in [0.3, 0.4) is 0 Å². The average molecular weight is 394 g/mol. The lowest BCUT2D eigenvalue weighted by atomic mass is 10.0. The van der Waals surface area contributed by atoms with Crippen LogP contribution in [0.25, 0.3) is 10.9 Å². The van der Waals surface area contributed by atoms with E-state index in [4.69, 9.17) is 10.5 Å². The van der Waals surface area contributed by atoms with Gasteiger partial charge in [0.05, 0.1) is 12.5 Å². The molecule has 4 rings (SSSR count). The van der Waals surface area contributed by atoms with Crippen LogP contribution in [0.4, 0.5) is 14.5 Å². The number of hydrogen-bond acceptors (Lipinski definition) is 5. The second kappa shape index (κ2) is 6.88. The van der Waals surface area contributed by atoms with Crippen molar-refractivity contribution < 1.29 is 13.5 Å². The maximum Gasteiger partial charge on any atom is 0.329 e. The second-order valence-electron chi connectivity index (χ2n) is 7.72. The molecule has 1 saturated heterocycles. The summed E-state index contributed by atoms with van der Waals surface area (Å²) in [5.41, 5.74) is 5.39. The van der Waals surface area contributed by atoms with Crippen molar-refractivity contribution in [3.05, 3.63) is 32.2 Å². The minimum atomic E-state index is -0.633. The number of nitrogens with one attached hydrogen (secondary N) is 1. The minimum absolute atomic E-state index is 0.0373. The second-order valence-corrected chi connectivity index (χ2v) is 7.72. The number of H-pyrrole nitrogens is 1. The van der Waals surface area contributed by atoms with Crippen LogP contribution in [0.2, 0.25) is 0 Å². The van der Waals surface area contributed by atoms with Gasteiger partial charge in [0.1, 0.15) is 17.9 Å². The molecule has 0 radical (unpaired) electrons. The van der Waals surface area contributed by atoms with Gasteiger partial charge in [0.2, 0.25) is 0 Å². The number of nitrogens with zero attached hydrogens (tertiary/aromatic N) is 2. The highest BCUT2D eigenvalue weighted by Crippen LogP contribution is 2.44. The van der Waals surface area contributed by atoms with Gasteiger partial charge >= 0.3 is 5.69 Å². The first-order valence-electron chi connectivity index (χ1n) is 9.50. The zero-order valence-electron chi connectivity index (χ0n) is 15.9. The molecule has 2 aromatic rings. The summed E-state index contributed by atoms with van der Waals surface area (Å²) >= 11 is 0. The molecule has 2 aliphatic rings. The maximum absolute atomic E-state index is 15.4. The van der Waals surface area contributed by atoms with Crippen LogP contribution in [-0.2, 0) is 0 Å². The SMILES string of the molecule is COc1c(N2CCC(C(N)CF)C2)c(F)c(C)c2c(=O)[nH]c(=O)n(C3CC3)c12. The summed E-state index contributed by atoms with van der Waals surface area (Å²) in [4.78, 5) is 29.1. The van der Waals surface area contributed by atoms with Crippen molar-refractivity contribution in [3.63, 3.8) is 0 Å². The molecule has 1 aliphatic heterocycles. The van der Waals surface area contributed by atoms with E-state index in [2.05, 4.69) is 4.98 Å². The molecule has 0 spiro atoms. The number of anilines is 1. The van der Waals surface area contributed by atoms with Gasteiger partial charge in [-0.1, -0.05) is 0 Å². The number of rotatable bonds is 5. The Morgan fingerprint density at radius 3 is 2.64 bits per heavy atom. The molecular formula is C19H24F2N4O3. The lowest BCUT2D eigenvalue weighted by Gasteiger charge is -2.26. The number of methoxy groups -OCH3 is 1. The van der Waals surface area contributed by atoms with Crippen LogP contribution in [0, 0.1) is 18.7 Å². The first-order chi connectivity index (χ1) is 13.4. The van der Waals surface area contributed by atoms with Gasteiger partial charge in [-0.25, -0.2) is 13.6 Å². The molecule has 2 unspecified atom stereocenters. The fraction of sp³-hybridized carbons (Fsp3) is 0.579. The van der Waals surface area contributed by atoms with E-state index in [1.165, 1.54) is 18.6 Å². The molecule has 1 saturated carbocycles. The molecule has 0 amide bonds. The molecule has 3 N–H and O–H groups in total.